The number of urea groups is 2. The number of esters is 2. The van der Waals surface area contributed by atoms with Crippen molar-refractivity contribution in [1.82, 2.24) is 21.3 Å². The van der Waals surface area contributed by atoms with Crippen molar-refractivity contribution in [2.75, 3.05) is 27.3 Å². The van der Waals surface area contributed by atoms with Gasteiger partial charge in [0.2, 0.25) is 0 Å². The highest BCUT2D eigenvalue weighted by molar-refractivity contribution is 5.91. The van der Waals surface area contributed by atoms with Crippen LogP contribution in [0, 0.1) is 0 Å². The molecule has 0 fully saturated rings. The Hall–Kier alpha value is -2.78. The van der Waals surface area contributed by atoms with Gasteiger partial charge in [0, 0.05) is 26.2 Å². The summed E-state index contributed by atoms with van der Waals surface area (Å²) in [6.45, 7) is 3.22. The smallest absolute Gasteiger partial charge is 0.331 e. The number of ether oxygens (including phenoxy) is 2. The number of nitrogens with one attached hydrogen (secondary N) is 4. The normalized spacial score (nSPS) is 12.7. The SMILES string of the molecule is CNC(=O)N[C@@H](C)COC(=O)/C=C/C(=O)OC[C@H](C)NC(=O)NC. The van der Waals surface area contributed by atoms with Crippen LogP contribution >= 0.6 is 0 Å². The van der Waals surface area contributed by atoms with E-state index in [1.54, 1.807) is 13.8 Å². The Labute approximate surface area is 140 Å². The zero-order valence-electron chi connectivity index (χ0n) is 14.2. The third-order valence-corrected chi connectivity index (χ3v) is 2.52. The molecule has 0 aliphatic carbocycles. The van der Waals surface area contributed by atoms with Crippen LogP contribution in [0.25, 0.3) is 0 Å². The molecule has 0 aromatic rings. The topological polar surface area (TPSA) is 135 Å². The van der Waals surface area contributed by atoms with Gasteiger partial charge in [0.15, 0.2) is 0 Å². The lowest BCUT2D eigenvalue weighted by molar-refractivity contribution is -0.141. The van der Waals surface area contributed by atoms with Gasteiger partial charge in [0.25, 0.3) is 0 Å². The minimum atomic E-state index is -0.742. The average molecular weight is 344 g/mol. The Morgan fingerprint density at radius 2 is 1.12 bits per heavy atom. The van der Waals surface area contributed by atoms with Crippen molar-refractivity contribution in [3.63, 3.8) is 0 Å². The van der Waals surface area contributed by atoms with Gasteiger partial charge in [-0.25, -0.2) is 19.2 Å². The fourth-order valence-corrected chi connectivity index (χ4v) is 1.32. The molecular formula is C14H24N4O6. The van der Waals surface area contributed by atoms with E-state index >= 15 is 0 Å². The summed E-state index contributed by atoms with van der Waals surface area (Å²) in [5, 5.41) is 9.77. The lowest BCUT2D eigenvalue weighted by Crippen LogP contribution is -2.41. The highest BCUT2D eigenvalue weighted by Crippen LogP contribution is 1.91. The summed E-state index contributed by atoms with van der Waals surface area (Å²) in [6, 6.07) is -1.55. The van der Waals surface area contributed by atoms with Crippen LogP contribution < -0.4 is 21.3 Å². The minimum Gasteiger partial charge on any atom is -0.460 e. The second-order valence-electron chi connectivity index (χ2n) is 4.84. The molecule has 0 aromatic carbocycles. The summed E-state index contributed by atoms with van der Waals surface area (Å²) in [6.07, 6.45) is 1.84. The predicted molar refractivity (Wildman–Crippen MR) is 85.2 cm³/mol. The Morgan fingerprint density at radius 3 is 1.42 bits per heavy atom. The zero-order valence-corrected chi connectivity index (χ0v) is 14.2. The van der Waals surface area contributed by atoms with E-state index in [0.29, 0.717) is 0 Å². The van der Waals surface area contributed by atoms with Crippen LogP contribution in [-0.2, 0) is 19.1 Å². The maximum absolute atomic E-state index is 11.4. The first-order valence-corrected chi connectivity index (χ1v) is 7.26. The lowest BCUT2D eigenvalue weighted by Gasteiger charge is -2.13. The Balaban J connectivity index is 4.02. The molecule has 0 spiro atoms. The molecule has 0 radical (unpaired) electrons. The summed E-state index contributed by atoms with van der Waals surface area (Å²) in [7, 11) is 2.93. The summed E-state index contributed by atoms with van der Waals surface area (Å²) < 4.78 is 9.70. The molecule has 0 aliphatic heterocycles. The maximum atomic E-state index is 11.4. The highest BCUT2D eigenvalue weighted by Gasteiger charge is 2.09. The number of carbonyl (C=O) groups excluding carboxylic acids is 4. The van der Waals surface area contributed by atoms with Gasteiger partial charge in [-0.2, -0.15) is 0 Å². The van der Waals surface area contributed by atoms with Crippen molar-refractivity contribution in [3.05, 3.63) is 12.2 Å². The fraction of sp³-hybridized carbons (Fsp3) is 0.571. The molecule has 0 heterocycles. The van der Waals surface area contributed by atoms with Crippen molar-refractivity contribution < 1.29 is 28.7 Å². The van der Waals surface area contributed by atoms with Crippen LogP contribution in [-0.4, -0.2) is 63.4 Å². The second kappa shape index (κ2) is 11.7. The van der Waals surface area contributed by atoms with Crippen molar-refractivity contribution in [2.24, 2.45) is 0 Å². The monoisotopic (exact) mass is 344 g/mol. The van der Waals surface area contributed by atoms with Crippen molar-refractivity contribution in [3.8, 4) is 0 Å². The van der Waals surface area contributed by atoms with E-state index in [0.717, 1.165) is 12.2 Å². The van der Waals surface area contributed by atoms with E-state index in [1.165, 1.54) is 14.1 Å². The first-order chi connectivity index (χ1) is 11.3. The minimum absolute atomic E-state index is 0.0429. The molecule has 136 valence electrons. The number of hydrogen-bond acceptors (Lipinski definition) is 6. The molecule has 0 saturated carbocycles. The van der Waals surface area contributed by atoms with Crippen LogP contribution in [0.3, 0.4) is 0 Å². The van der Waals surface area contributed by atoms with E-state index in [-0.39, 0.29) is 25.3 Å². The maximum Gasteiger partial charge on any atom is 0.331 e. The Kier molecular flexibility index (Phi) is 10.4. The summed E-state index contributed by atoms with van der Waals surface area (Å²) in [4.78, 5) is 44.9. The van der Waals surface area contributed by atoms with Crippen LogP contribution in [0.4, 0.5) is 9.59 Å². The quantitative estimate of drug-likeness (QED) is 0.338. The zero-order chi connectivity index (χ0) is 18.5. The molecule has 4 amide bonds. The van der Waals surface area contributed by atoms with Crippen LogP contribution in [0.1, 0.15) is 13.8 Å². The number of rotatable bonds is 8. The molecular weight excluding hydrogens is 320 g/mol. The van der Waals surface area contributed by atoms with E-state index in [9.17, 15) is 19.2 Å². The van der Waals surface area contributed by atoms with Gasteiger partial charge in [-0.05, 0) is 13.8 Å². The first kappa shape index (κ1) is 21.2. The Morgan fingerprint density at radius 1 is 0.792 bits per heavy atom. The molecule has 0 bridgehead atoms. The molecule has 0 aliphatic rings. The van der Waals surface area contributed by atoms with E-state index in [1.807, 2.05) is 0 Å². The van der Waals surface area contributed by atoms with Crippen LogP contribution in [0.2, 0.25) is 0 Å². The van der Waals surface area contributed by atoms with Gasteiger partial charge >= 0.3 is 24.0 Å². The summed E-state index contributed by atoms with van der Waals surface area (Å²) in [5.41, 5.74) is 0. The molecule has 2 atom stereocenters. The van der Waals surface area contributed by atoms with Crippen molar-refractivity contribution in [1.29, 1.82) is 0 Å². The largest absolute Gasteiger partial charge is 0.460 e. The molecule has 0 aromatic heterocycles. The van der Waals surface area contributed by atoms with Gasteiger partial charge in [0.05, 0.1) is 12.1 Å². The van der Waals surface area contributed by atoms with E-state index < -0.39 is 24.0 Å². The molecule has 4 N–H and O–H groups in total. The van der Waals surface area contributed by atoms with Crippen LogP contribution in [0.5, 0.6) is 0 Å². The number of carbonyl (C=O) groups is 4. The summed E-state index contributed by atoms with van der Waals surface area (Å²) in [5.74, 6) is -1.48. The molecule has 10 nitrogen and oxygen atoms in total. The van der Waals surface area contributed by atoms with Crippen molar-refractivity contribution in [2.45, 2.75) is 25.9 Å². The van der Waals surface area contributed by atoms with Gasteiger partial charge in [-0.1, -0.05) is 0 Å². The molecule has 0 unspecified atom stereocenters. The van der Waals surface area contributed by atoms with Gasteiger partial charge in [-0.15, -0.1) is 0 Å². The summed E-state index contributed by atoms with van der Waals surface area (Å²) >= 11 is 0. The number of amides is 4. The third kappa shape index (κ3) is 10.9. The van der Waals surface area contributed by atoms with Gasteiger partial charge in [-0.3, -0.25) is 0 Å². The average Bonchev–Trinajstić information content (AvgIpc) is 2.55. The predicted octanol–water partition coefficient (Wildman–Crippen LogP) is -0.736. The van der Waals surface area contributed by atoms with Gasteiger partial charge < -0.3 is 30.7 Å². The highest BCUT2D eigenvalue weighted by atomic mass is 16.5. The lowest BCUT2D eigenvalue weighted by atomic mass is 10.3. The standard InChI is InChI=1S/C14H24N4O6/c1-9(17-13(21)15-3)7-23-11(19)5-6-12(20)24-8-10(2)18-14(22)16-4/h5-6,9-10H,7-8H2,1-4H3,(H2,15,17,21)(H2,16,18,22)/b6-5+/t9-,10-/m0/s1. The molecule has 24 heavy (non-hydrogen) atoms. The molecule has 10 heteroatoms. The third-order valence-electron chi connectivity index (χ3n) is 2.52. The Bertz CT molecular complexity index is 438. The van der Waals surface area contributed by atoms with E-state index in [4.69, 9.17) is 9.47 Å². The van der Waals surface area contributed by atoms with E-state index in [2.05, 4.69) is 21.3 Å². The van der Waals surface area contributed by atoms with Crippen LogP contribution in [0.15, 0.2) is 12.2 Å². The number of hydrogen-bond donors (Lipinski definition) is 4. The fourth-order valence-electron chi connectivity index (χ4n) is 1.32. The van der Waals surface area contributed by atoms with Crippen molar-refractivity contribution >= 4 is 24.0 Å². The second-order valence-corrected chi connectivity index (χ2v) is 4.84. The molecule has 0 rings (SSSR count). The van der Waals surface area contributed by atoms with Gasteiger partial charge in [0.1, 0.15) is 13.2 Å². The molecule has 0 saturated heterocycles. The first-order valence-electron chi connectivity index (χ1n) is 7.26.